The van der Waals surface area contributed by atoms with E-state index in [4.69, 9.17) is 4.74 Å². The summed E-state index contributed by atoms with van der Waals surface area (Å²) in [4.78, 5) is 52.0. The van der Waals surface area contributed by atoms with E-state index in [1.807, 2.05) is 42.2 Å². The molecule has 0 radical (unpaired) electrons. The Bertz CT molecular complexity index is 1070. The number of nitrogens with zero attached hydrogens (tertiary/aromatic N) is 4. The zero-order valence-electron chi connectivity index (χ0n) is 22.7. The Labute approximate surface area is 220 Å². The van der Waals surface area contributed by atoms with Gasteiger partial charge in [0.15, 0.2) is 0 Å². The van der Waals surface area contributed by atoms with Crippen LogP contribution in [0.25, 0.3) is 11.3 Å². The molecule has 1 atom stereocenters. The lowest BCUT2D eigenvalue weighted by atomic mass is 10.0. The molecule has 200 valence electrons. The van der Waals surface area contributed by atoms with Gasteiger partial charge in [0.05, 0.1) is 12.3 Å². The van der Waals surface area contributed by atoms with Gasteiger partial charge in [-0.3, -0.25) is 9.59 Å². The molecule has 0 saturated carbocycles. The smallest absolute Gasteiger partial charge is 0.342 e. The van der Waals surface area contributed by atoms with E-state index >= 15 is 0 Å². The Kier molecular flexibility index (Phi) is 10.6. The van der Waals surface area contributed by atoms with Crippen LogP contribution in [0.3, 0.4) is 0 Å². The molecular weight excluding hydrogens is 468 g/mol. The molecule has 1 aromatic heterocycles. The summed E-state index contributed by atoms with van der Waals surface area (Å²) in [5.41, 5.74) is 1.22. The number of carbonyl (C=O) groups excluding carboxylic acids is 3. The summed E-state index contributed by atoms with van der Waals surface area (Å²) in [5, 5.41) is 0. The summed E-state index contributed by atoms with van der Waals surface area (Å²) in [5.74, 6) is -0.422. The number of aryl methyl sites for hydroxylation is 1. The Hall–Kier alpha value is -3.29. The van der Waals surface area contributed by atoms with Gasteiger partial charge < -0.3 is 14.5 Å². The highest BCUT2D eigenvalue weighted by atomic mass is 16.5. The first-order valence-electron chi connectivity index (χ1n) is 13.6. The Morgan fingerprint density at radius 3 is 2.35 bits per heavy atom. The van der Waals surface area contributed by atoms with Crippen molar-refractivity contribution in [1.29, 1.82) is 0 Å². The summed E-state index contributed by atoms with van der Waals surface area (Å²) in [6.07, 6.45) is 7.38. The molecular formula is C29H40N4O4. The summed E-state index contributed by atoms with van der Waals surface area (Å²) in [6.45, 7) is 8.99. The number of ether oxygens (including phenoxy) is 1. The van der Waals surface area contributed by atoms with Gasteiger partial charge in [-0.2, -0.15) is 0 Å². The number of esters is 1. The minimum absolute atomic E-state index is 0.0452. The van der Waals surface area contributed by atoms with Crippen LogP contribution in [-0.4, -0.2) is 69.8 Å². The van der Waals surface area contributed by atoms with E-state index < -0.39 is 5.97 Å². The predicted octanol–water partition coefficient (Wildman–Crippen LogP) is 5.05. The SMILES string of the molecule is CCCCCCCCC(=O)N1CCN(C(=O)c2nc(C)nc(-c3ccccc3)c2C(=O)OCC)CC1C. The van der Waals surface area contributed by atoms with Crippen LogP contribution in [0.4, 0.5) is 0 Å². The fraction of sp³-hybridized carbons (Fsp3) is 0.552. The van der Waals surface area contributed by atoms with Gasteiger partial charge in [-0.1, -0.05) is 69.4 Å². The first-order chi connectivity index (χ1) is 17.9. The van der Waals surface area contributed by atoms with Crippen LogP contribution in [0.2, 0.25) is 0 Å². The average molecular weight is 509 g/mol. The van der Waals surface area contributed by atoms with E-state index in [1.54, 1.807) is 18.7 Å². The van der Waals surface area contributed by atoms with Crippen LogP contribution in [-0.2, 0) is 9.53 Å². The number of benzene rings is 1. The van der Waals surface area contributed by atoms with E-state index in [1.165, 1.54) is 25.7 Å². The third-order valence-electron chi connectivity index (χ3n) is 6.73. The first kappa shape index (κ1) is 28.3. The second-order valence-corrected chi connectivity index (χ2v) is 9.63. The number of unbranched alkanes of at least 4 members (excludes halogenated alkanes) is 5. The molecule has 8 nitrogen and oxygen atoms in total. The van der Waals surface area contributed by atoms with Gasteiger partial charge in [0, 0.05) is 37.7 Å². The number of hydrogen-bond acceptors (Lipinski definition) is 6. The van der Waals surface area contributed by atoms with E-state index in [0.29, 0.717) is 43.1 Å². The summed E-state index contributed by atoms with van der Waals surface area (Å²) in [7, 11) is 0. The number of hydrogen-bond donors (Lipinski definition) is 0. The molecule has 2 amide bonds. The molecule has 1 unspecified atom stereocenters. The van der Waals surface area contributed by atoms with Gasteiger partial charge in [0.25, 0.3) is 5.91 Å². The molecule has 1 saturated heterocycles. The summed E-state index contributed by atoms with van der Waals surface area (Å²) >= 11 is 0. The zero-order chi connectivity index (χ0) is 26.8. The molecule has 8 heteroatoms. The molecule has 1 aromatic carbocycles. The van der Waals surface area contributed by atoms with Crippen molar-refractivity contribution >= 4 is 17.8 Å². The molecule has 3 rings (SSSR count). The predicted molar refractivity (Wildman–Crippen MR) is 143 cm³/mol. The van der Waals surface area contributed by atoms with Crippen molar-refractivity contribution in [2.24, 2.45) is 0 Å². The Morgan fingerprint density at radius 2 is 1.68 bits per heavy atom. The van der Waals surface area contributed by atoms with Crippen molar-refractivity contribution in [1.82, 2.24) is 19.8 Å². The molecule has 37 heavy (non-hydrogen) atoms. The van der Waals surface area contributed by atoms with Gasteiger partial charge >= 0.3 is 5.97 Å². The van der Waals surface area contributed by atoms with E-state index in [-0.39, 0.29) is 35.7 Å². The monoisotopic (exact) mass is 508 g/mol. The first-order valence-corrected chi connectivity index (χ1v) is 13.6. The van der Waals surface area contributed by atoms with Crippen molar-refractivity contribution in [2.45, 2.75) is 78.7 Å². The Morgan fingerprint density at radius 1 is 0.973 bits per heavy atom. The lowest BCUT2D eigenvalue weighted by Gasteiger charge is -2.40. The van der Waals surface area contributed by atoms with Crippen LogP contribution in [0.15, 0.2) is 30.3 Å². The van der Waals surface area contributed by atoms with Crippen molar-refractivity contribution in [2.75, 3.05) is 26.2 Å². The molecule has 1 aliphatic heterocycles. The van der Waals surface area contributed by atoms with Gasteiger partial charge in [-0.25, -0.2) is 14.8 Å². The molecule has 0 spiro atoms. The van der Waals surface area contributed by atoms with Crippen LogP contribution >= 0.6 is 0 Å². The van der Waals surface area contributed by atoms with Crippen LogP contribution in [0.5, 0.6) is 0 Å². The van der Waals surface area contributed by atoms with Crippen LogP contribution in [0, 0.1) is 6.92 Å². The molecule has 0 bridgehead atoms. The maximum atomic E-state index is 13.7. The van der Waals surface area contributed by atoms with E-state index in [9.17, 15) is 14.4 Å². The van der Waals surface area contributed by atoms with Gasteiger partial charge in [0.1, 0.15) is 17.1 Å². The number of rotatable bonds is 11. The third kappa shape index (κ3) is 7.37. The van der Waals surface area contributed by atoms with Crippen LogP contribution < -0.4 is 0 Å². The molecule has 1 fully saturated rings. The molecule has 1 aliphatic rings. The molecule has 0 N–H and O–H groups in total. The Balaban J connectivity index is 1.75. The number of aromatic nitrogens is 2. The minimum Gasteiger partial charge on any atom is -0.462 e. The number of carbonyl (C=O) groups is 3. The normalized spacial score (nSPS) is 15.5. The highest BCUT2D eigenvalue weighted by molar-refractivity contribution is 6.07. The van der Waals surface area contributed by atoms with Crippen molar-refractivity contribution < 1.29 is 19.1 Å². The zero-order valence-corrected chi connectivity index (χ0v) is 22.7. The maximum Gasteiger partial charge on any atom is 0.342 e. The molecule has 0 aliphatic carbocycles. The fourth-order valence-corrected chi connectivity index (χ4v) is 4.79. The summed E-state index contributed by atoms with van der Waals surface area (Å²) < 4.78 is 5.30. The summed E-state index contributed by atoms with van der Waals surface area (Å²) in [6, 6.07) is 9.15. The van der Waals surface area contributed by atoms with Crippen molar-refractivity contribution in [3.05, 3.63) is 47.4 Å². The van der Waals surface area contributed by atoms with Crippen LogP contribution in [0.1, 0.15) is 92.4 Å². The standard InChI is InChI=1S/C29H40N4O4/c1-5-7-8-9-10-14-17-24(34)33-19-18-32(20-21(33)3)28(35)27-25(29(36)37-6-2)26(30-22(4)31-27)23-15-12-11-13-16-23/h11-13,15-16,21H,5-10,14,17-20H2,1-4H3. The van der Waals surface area contributed by atoms with E-state index in [2.05, 4.69) is 16.9 Å². The second kappa shape index (κ2) is 13.9. The topological polar surface area (TPSA) is 92.7 Å². The van der Waals surface area contributed by atoms with Gasteiger partial charge in [0.2, 0.25) is 5.91 Å². The highest BCUT2D eigenvalue weighted by Gasteiger charge is 2.34. The van der Waals surface area contributed by atoms with E-state index in [0.717, 1.165) is 12.8 Å². The average Bonchev–Trinajstić information content (AvgIpc) is 2.90. The van der Waals surface area contributed by atoms with Crippen molar-refractivity contribution in [3.8, 4) is 11.3 Å². The maximum absolute atomic E-state index is 13.7. The number of piperazine rings is 1. The van der Waals surface area contributed by atoms with Gasteiger partial charge in [-0.15, -0.1) is 0 Å². The lowest BCUT2D eigenvalue weighted by Crippen LogP contribution is -2.55. The second-order valence-electron chi connectivity index (χ2n) is 9.63. The minimum atomic E-state index is -0.620. The fourth-order valence-electron chi connectivity index (χ4n) is 4.79. The third-order valence-corrected chi connectivity index (χ3v) is 6.73. The highest BCUT2D eigenvalue weighted by Crippen LogP contribution is 2.26. The molecule has 2 heterocycles. The lowest BCUT2D eigenvalue weighted by molar-refractivity contribution is -0.135. The van der Waals surface area contributed by atoms with Gasteiger partial charge in [-0.05, 0) is 27.2 Å². The quantitative estimate of drug-likeness (QED) is 0.311. The number of amides is 2. The largest absolute Gasteiger partial charge is 0.462 e. The molecule has 2 aromatic rings. The van der Waals surface area contributed by atoms with Crippen molar-refractivity contribution in [3.63, 3.8) is 0 Å².